The summed E-state index contributed by atoms with van der Waals surface area (Å²) in [5.74, 6) is -0.0120. The summed E-state index contributed by atoms with van der Waals surface area (Å²) in [4.78, 5) is 14.4. The van der Waals surface area contributed by atoms with Crippen LogP contribution < -0.4 is 11.1 Å². The number of amides is 1. The van der Waals surface area contributed by atoms with Gasteiger partial charge >= 0.3 is 0 Å². The van der Waals surface area contributed by atoms with E-state index in [2.05, 4.69) is 10.2 Å². The Morgan fingerprint density at radius 1 is 1.40 bits per heavy atom. The fraction of sp³-hybridized carbons (Fsp3) is 0.533. The van der Waals surface area contributed by atoms with E-state index in [1.807, 2.05) is 18.2 Å². The van der Waals surface area contributed by atoms with Gasteiger partial charge in [0.1, 0.15) is 0 Å². The molecule has 20 heavy (non-hydrogen) atoms. The monoisotopic (exact) mass is 295 g/mol. The van der Waals surface area contributed by atoms with E-state index in [-0.39, 0.29) is 5.91 Å². The van der Waals surface area contributed by atoms with Gasteiger partial charge in [-0.05, 0) is 44.5 Å². The maximum absolute atomic E-state index is 12.1. The summed E-state index contributed by atoms with van der Waals surface area (Å²) >= 11 is 6.04. The number of anilines is 1. The first-order chi connectivity index (χ1) is 9.70. The molecule has 0 bridgehead atoms. The van der Waals surface area contributed by atoms with Crippen LogP contribution in [0.15, 0.2) is 24.3 Å². The summed E-state index contributed by atoms with van der Waals surface area (Å²) in [7, 11) is 0. The minimum absolute atomic E-state index is 0.0120. The number of carbonyl (C=O) groups excluding carboxylic acids is 1. The third-order valence-electron chi connectivity index (χ3n) is 3.74. The van der Waals surface area contributed by atoms with Crippen LogP contribution >= 0.6 is 11.6 Å². The average molecular weight is 296 g/mol. The molecule has 1 saturated heterocycles. The van der Waals surface area contributed by atoms with E-state index in [4.69, 9.17) is 17.3 Å². The average Bonchev–Trinajstić information content (AvgIpc) is 2.44. The number of hydrogen-bond acceptors (Lipinski definition) is 3. The van der Waals surface area contributed by atoms with Crippen molar-refractivity contribution < 1.29 is 4.79 Å². The molecule has 1 heterocycles. The van der Waals surface area contributed by atoms with Crippen molar-refractivity contribution in [3.05, 3.63) is 29.3 Å². The van der Waals surface area contributed by atoms with Gasteiger partial charge in [0.05, 0.1) is 17.3 Å². The van der Waals surface area contributed by atoms with E-state index in [9.17, 15) is 4.79 Å². The van der Waals surface area contributed by atoms with Crippen LogP contribution in [0.3, 0.4) is 0 Å². The lowest BCUT2D eigenvalue weighted by Crippen LogP contribution is -2.44. The number of carbonyl (C=O) groups is 1. The van der Waals surface area contributed by atoms with E-state index >= 15 is 0 Å². The van der Waals surface area contributed by atoms with Gasteiger partial charge in [-0.2, -0.15) is 0 Å². The van der Waals surface area contributed by atoms with Gasteiger partial charge in [-0.3, -0.25) is 9.69 Å². The van der Waals surface area contributed by atoms with Gasteiger partial charge in [0, 0.05) is 6.04 Å². The number of nitrogens with one attached hydrogen (secondary N) is 1. The van der Waals surface area contributed by atoms with E-state index in [1.165, 1.54) is 6.42 Å². The summed E-state index contributed by atoms with van der Waals surface area (Å²) in [6.45, 7) is 2.06. The Hall–Kier alpha value is -1.10. The predicted octanol–water partition coefficient (Wildman–Crippen LogP) is 2.48. The quantitative estimate of drug-likeness (QED) is 0.877. The molecule has 1 amide bonds. The molecular weight excluding hydrogens is 274 g/mol. The Morgan fingerprint density at radius 3 is 2.95 bits per heavy atom. The van der Waals surface area contributed by atoms with E-state index < -0.39 is 0 Å². The topological polar surface area (TPSA) is 58.4 Å². The van der Waals surface area contributed by atoms with Gasteiger partial charge in [-0.25, -0.2) is 0 Å². The molecule has 4 nitrogen and oxygen atoms in total. The molecule has 0 saturated carbocycles. The molecule has 1 aromatic rings. The van der Waals surface area contributed by atoms with Crippen LogP contribution in [0, 0.1) is 0 Å². The zero-order chi connectivity index (χ0) is 14.4. The highest BCUT2D eigenvalue weighted by molar-refractivity contribution is 6.33. The standard InChI is InChI=1S/C15H22ClN3O/c16-13-6-1-2-7-14(13)18-15(20)11-19-10-4-3-5-12(19)8-9-17/h1-2,6-7,12H,3-5,8-11,17H2,(H,18,20). The molecule has 1 aliphatic heterocycles. The van der Waals surface area contributed by atoms with Gasteiger partial charge in [0.2, 0.25) is 5.91 Å². The molecular formula is C15H22ClN3O. The first-order valence-corrected chi connectivity index (χ1v) is 7.57. The molecule has 1 aliphatic rings. The number of benzene rings is 1. The van der Waals surface area contributed by atoms with E-state index in [0.717, 1.165) is 25.8 Å². The molecule has 1 aromatic carbocycles. The van der Waals surface area contributed by atoms with E-state index in [1.54, 1.807) is 6.07 Å². The van der Waals surface area contributed by atoms with Crippen LogP contribution in [-0.4, -0.2) is 36.5 Å². The molecule has 1 atom stereocenters. The predicted molar refractivity (Wildman–Crippen MR) is 83.0 cm³/mol. The maximum atomic E-state index is 12.1. The second kappa shape index (κ2) is 7.62. The minimum Gasteiger partial charge on any atom is -0.330 e. The number of halogens is 1. The number of nitrogens with two attached hydrogens (primary N) is 1. The lowest BCUT2D eigenvalue weighted by Gasteiger charge is -2.35. The van der Waals surface area contributed by atoms with Crippen LogP contribution in [0.25, 0.3) is 0 Å². The first kappa shape index (κ1) is 15.3. The second-order valence-corrected chi connectivity index (χ2v) is 5.63. The van der Waals surface area contributed by atoms with Crippen LogP contribution in [-0.2, 0) is 4.79 Å². The summed E-state index contributed by atoms with van der Waals surface area (Å²) in [5.41, 5.74) is 6.32. The minimum atomic E-state index is -0.0120. The lowest BCUT2D eigenvalue weighted by atomic mass is 9.99. The summed E-state index contributed by atoms with van der Waals surface area (Å²) < 4.78 is 0. The van der Waals surface area contributed by atoms with Crippen molar-refractivity contribution in [2.24, 2.45) is 5.73 Å². The van der Waals surface area contributed by atoms with Gasteiger partial charge in [0.15, 0.2) is 0 Å². The molecule has 3 N–H and O–H groups in total. The first-order valence-electron chi connectivity index (χ1n) is 7.19. The summed E-state index contributed by atoms with van der Waals surface area (Å²) in [6.07, 6.45) is 4.48. The SMILES string of the molecule is NCCC1CCCCN1CC(=O)Nc1ccccc1Cl. The molecule has 0 aliphatic carbocycles. The number of rotatable bonds is 5. The molecule has 0 aromatic heterocycles. The Morgan fingerprint density at radius 2 is 2.20 bits per heavy atom. The highest BCUT2D eigenvalue weighted by Crippen LogP contribution is 2.22. The van der Waals surface area contributed by atoms with Crippen LogP contribution in [0.1, 0.15) is 25.7 Å². The van der Waals surface area contributed by atoms with Gasteiger partial charge < -0.3 is 11.1 Å². The normalized spacial score (nSPS) is 19.8. The van der Waals surface area contributed by atoms with Gasteiger partial charge in [0.25, 0.3) is 0 Å². The maximum Gasteiger partial charge on any atom is 0.238 e. The van der Waals surface area contributed by atoms with E-state index in [0.29, 0.717) is 29.8 Å². The van der Waals surface area contributed by atoms with Crippen LogP contribution in [0.4, 0.5) is 5.69 Å². The smallest absolute Gasteiger partial charge is 0.238 e. The third kappa shape index (κ3) is 4.20. The summed E-state index contributed by atoms with van der Waals surface area (Å²) in [6, 6.07) is 7.73. The van der Waals surface area contributed by atoms with Crippen molar-refractivity contribution in [2.45, 2.75) is 31.7 Å². The number of hydrogen-bond donors (Lipinski definition) is 2. The number of para-hydroxylation sites is 1. The molecule has 110 valence electrons. The second-order valence-electron chi connectivity index (χ2n) is 5.23. The Labute approximate surface area is 125 Å². The van der Waals surface area contributed by atoms with Crippen molar-refractivity contribution in [2.75, 3.05) is 25.0 Å². The van der Waals surface area contributed by atoms with Gasteiger partial charge in [-0.15, -0.1) is 0 Å². The summed E-state index contributed by atoms with van der Waals surface area (Å²) in [5, 5.41) is 3.44. The van der Waals surface area contributed by atoms with Crippen LogP contribution in [0.5, 0.6) is 0 Å². The Kier molecular flexibility index (Phi) is 5.83. The largest absolute Gasteiger partial charge is 0.330 e. The van der Waals surface area contributed by atoms with Crippen molar-refractivity contribution in [3.63, 3.8) is 0 Å². The van der Waals surface area contributed by atoms with Crippen LogP contribution in [0.2, 0.25) is 5.02 Å². The number of likely N-dealkylation sites (tertiary alicyclic amines) is 1. The molecule has 0 spiro atoms. The number of nitrogens with zero attached hydrogens (tertiary/aromatic N) is 1. The fourth-order valence-corrected chi connectivity index (χ4v) is 2.91. The zero-order valence-electron chi connectivity index (χ0n) is 11.6. The molecule has 1 unspecified atom stereocenters. The van der Waals surface area contributed by atoms with Crippen molar-refractivity contribution in [3.8, 4) is 0 Å². The van der Waals surface area contributed by atoms with Crippen molar-refractivity contribution in [1.29, 1.82) is 0 Å². The third-order valence-corrected chi connectivity index (χ3v) is 4.07. The lowest BCUT2D eigenvalue weighted by molar-refractivity contribution is -0.118. The highest BCUT2D eigenvalue weighted by atomic mass is 35.5. The molecule has 5 heteroatoms. The highest BCUT2D eigenvalue weighted by Gasteiger charge is 2.23. The molecule has 0 radical (unpaired) electrons. The van der Waals surface area contributed by atoms with Crippen molar-refractivity contribution >= 4 is 23.2 Å². The molecule has 1 fully saturated rings. The Balaban J connectivity index is 1.91. The zero-order valence-corrected chi connectivity index (χ0v) is 12.4. The molecule has 2 rings (SSSR count). The number of piperidine rings is 1. The van der Waals surface area contributed by atoms with Crippen molar-refractivity contribution in [1.82, 2.24) is 4.90 Å². The Bertz CT molecular complexity index is 450. The fourth-order valence-electron chi connectivity index (χ4n) is 2.72. The van der Waals surface area contributed by atoms with Gasteiger partial charge in [-0.1, -0.05) is 30.2 Å².